The molecule has 216 valence electrons. The Morgan fingerprint density at radius 3 is 2.41 bits per heavy atom. The van der Waals surface area contributed by atoms with Crippen molar-refractivity contribution >= 4 is 29.2 Å². The molecule has 12 heteroatoms. The topological polar surface area (TPSA) is 119 Å². The van der Waals surface area contributed by atoms with Crippen molar-refractivity contribution in [2.24, 2.45) is 11.8 Å². The molecule has 0 saturated carbocycles. The molecule has 41 heavy (non-hydrogen) atoms. The summed E-state index contributed by atoms with van der Waals surface area (Å²) in [5.41, 5.74) is 0.505. The van der Waals surface area contributed by atoms with E-state index in [-0.39, 0.29) is 25.3 Å². The summed E-state index contributed by atoms with van der Waals surface area (Å²) in [5, 5.41) is 14.5. The minimum atomic E-state index is -5.21. The lowest BCUT2D eigenvalue weighted by Crippen LogP contribution is -2.50. The van der Waals surface area contributed by atoms with E-state index in [2.05, 4.69) is 11.4 Å². The molecule has 1 fully saturated rings. The predicted octanol–water partition coefficient (Wildman–Crippen LogP) is 3.66. The van der Waals surface area contributed by atoms with Crippen LogP contribution in [0.5, 0.6) is 0 Å². The number of rotatable bonds is 8. The first kappa shape index (κ1) is 29.7. The third-order valence-electron chi connectivity index (χ3n) is 7.67. The molecule has 2 aliphatic rings. The fraction of sp³-hybridized carbons (Fsp3) is 0.414. The number of hydrogen-bond acceptors (Lipinski definition) is 5. The van der Waals surface area contributed by atoms with E-state index in [0.29, 0.717) is 16.8 Å². The van der Waals surface area contributed by atoms with Gasteiger partial charge in [0.25, 0.3) is 0 Å². The molecule has 2 heterocycles. The zero-order valence-corrected chi connectivity index (χ0v) is 22.3. The van der Waals surface area contributed by atoms with Crippen molar-refractivity contribution in [2.75, 3.05) is 11.9 Å². The monoisotopic (exact) mass is 572 g/mol. The molecule has 3 amide bonds. The number of ketones is 1. The Morgan fingerprint density at radius 1 is 1.15 bits per heavy atom. The highest BCUT2D eigenvalue weighted by Gasteiger charge is 2.56. The van der Waals surface area contributed by atoms with E-state index in [1.165, 1.54) is 43.0 Å². The van der Waals surface area contributed by atoms with Crippen molar-refractivity contribution in [3.8, 4) is 6.07 Å². The van der Waals surface area contributed by atoms with Gasteiger partial charge in [-0.3, -0.25) is 19.2 Å². The number of nitriles is 1. The first-order valence-corrected chi connectivity index (χ1v) is 13.0. The van der Waals surface area contributed by atoms with Crippen molar-refractivity contribution in [1.29, 1.82) is 5.26 Å². The van der Waals surface area contributed by atoms with E-state index in [4.69, 9.17) is 0 Å². The molecular weight excluding hydrogens is 544 g/mol. The minimum Gasteiger partial charge on any atom is -0.338 e. The number of Topliss-reactive ketones (excluding diaryl/α,β-unsaturated/α-hetero) is 1. The van der Waals surface area contributed by atoms with Crippen LogP contribution in [0.1, 0.15) is 37.8 Å². The van der Waals surface area contributed by atoms with Gasteiger partial charge in [-0.15, -0.1) is 0 Å². The van der Waals surface area contributed by atoms with Crippen molar-refractivity contribution in [3.05, 3.63) is 65.5 Å². The van der Waals surface area contributed by atoms with E-state index >= 15 is 0 Å². The highest BCUT2D eigenvalue weighted by atomic mass is 19.4. The van der Waals surface area contributed by atoms with Crippen LogP contribution in [0.15, 0.2) is 48.5 Å². The molecule has 4 rings (SSSR count). The highest BCUT2D eigenvalue weighted by molar-refractivity contribution is 6.07. The molecule has 0 aromatic heterocycles. The van der Waals surface area contributed by atoms with Crippen LogP contribution in [0.3, 0.4) is 0 Å². The Morgan fingerprint density at radius 2 is 1.80 bits per heavy atom. The lowest BCUT2D eigenvalue weighted by molar-refractivity contribution is -0.175. The molecule has 0 bridgehead atoms. The highest BCUT2D eigenvalue weighted by Crippen LogP contribution is 2.46. The van der Waals surface area contributed by atoms with Crippen molar-refractivity contribution < 1.29 is 36.7 Å². The molecule has 2 aliphatic heterocycles. The van der Waals surface area contributed by atoms with Gasteiger partial charge in [0.15, 0.2) is 5.78 Å². The van der Waals surface area contributed by atoms with Crippen LogP contribution in [0, 0.1) is 29.0 Å². The molecule has 1 spiro atoms. The van der Waals surface area contributed by atoms with Crippen LogP contribution in [0.2, 0.25) is 0 Å². The number of hydrogen-bond donors (Lipinski definition) is 2. The summed E-state index contributed by atoms with van der Waals surface area (Å²) in [5.74, 6) is -6.51. The SMILES string of the molecule is CC(C)[C@H](NC(=O)C(F)(F)F)C(=O)CC(Cc1ccc(F)cc1)C(=O)N1C[C@]2(C[C@H]1C#N)C(=O)Nc1ccccc12. The molecule has 1 saturated heterocycles. The summed E-state index contributed by atoms with van der Waals surface area (Å²) >= 11 is 0. The van der Waals surface area contributed by atoms with Crippen molar-refractivity contribution in [3.63, 3.8) is 0 Å². The summed E-state index contributed by atoms with van der Waals surface area (Å²) in [7, 11) is 0. The third-order valence-corrected chi connectivity index (χ3v) is 7.67. The maximum atomic E-state index is 14.0. The molecule has 0 aliphatic carbocycles. The van der Waals surface area contributed by atoms with Gasteiger partial charge in [0, 0.05) is 31.0 Å². The second kappa shape index (κ2) is 11.3. The number of para-hydroxylation sites is 1. The fourth-order valence-electron chi connectivity index (χ4n) is 5.58. The van der Waals surface area contributed by atoms with E-state index in [1.54, 1.807) is 29.6 Å². The standard InChI is InChI=1S/C29H28F4N4O4/c1-16(2)24(36-27(41)29(31,32)33)23(38)12-18(11-17-7-9-19(30)10-8-17)25(39)37-15-28(13-20(37)14-34)21-5-3-4-6-22(21)35-26(28)40/h3-10,16,18,20,24H,11-13,15H2,1-2H3,(H,35,40)(H,36,41)/t18?,20-,24-,28-/m0/s1. The van der Waals surface area contributed by atoms with Crippen molar-refractivity contribution in [2.45, 2.75) is 56.8 Å². The van der Waals surface area contributed by atoms with Gasteiger partial charge < -0.3 is 15.5 Å². The van der Waals surface area contributed by atoms with Crippen LogP contribution >= 0.6 is 0 Å². The third kappa shape index (κ3) is 5.94. The zero-order valence-electron chi connectivity index (χ0n) is 22.3. The average Bonchev–Trinajstić information content (AvgIpc) is 3.44. The maximum Gasteiger partial charge on any atom is 0.471 e. The lowest BCUT2D eigenvalue weighted by atomic mass is 9.80. The van der Waals surface area contributed by atoms with Gasteiger partial charge >= 0.3 is 12.1 Å². The summed E-state index contributed by atoms with van der Waals surface area (Å²) in [6.07, 6.45) is -5.83. The van der Waals surface area contributed by atoms with Gasteiger partial charge in [-0.05, 0) is 41.7 Å². The molecule has 0 radical (unpaired) electrons. The van der Waals surface area contributed by atoms with Gasteiger partial charge in [-0.1, -0.05) is 44.2 Å². The Bertz CT molecular complexity index is 1400. The van der Waals surface area contributed by atoms with Crippen molar-refractivity contribution in [1.82, 2.24) is 10.2 Å². The smallest absolute Gasteiger partial charge is 0.338 e. The number of anilines is 1. The average molecular weight is 573 g/mol. The quantitative estimate of drug-likeness (QED) is 0.468. The van der Waals surface area contributed by atoms with Crippen LogP contribution in [0.4, 0.5) is 23.2 Å². The van der Waals surface area contributed by atoms with Crippen LogP contribution < -0.4 is 10.6 Å². The molecular formula is C29H28F4N4O4. The van der Waals surface area contributed by atoms with E-state index in [9.17, 15) is 42.0 Å². The number of carbonyl (C=O) groups is 4. The van der Waals surface area contributed by atoms with E-state index in [1.807, 2.05) is 0 Å². The first-order chi connectivity index (χ1) is 19.3. The van der Waals surface area contributed by atoms with Crippen LogP contribution in [0.25, 0.3) is 0 Å². The number of fused-ring (bicyclic) bond motifs is 2. The fourth-order valence-corrected chi connectivity index (χ4v) is 5.58. The Labute approximate surface area is 233 Å². The van der Waals surface area contributed by atoms with Crippen LogP contribution in [-0.2, 0) is 31.0 Å². The summed E-state index contributed by atoms with van der Waals surface area (Å²) in [6, 6.07) is 11.6. The minimum absolute atomic E-state index is 0.0194. The molecule has 8 nitrogen and oxygen atoms in total. The number of likely N-dealkylation sites (tertiary alicyclic amines) is 1. The summed E-state index contributed by atoms with van der Waals surface area (Å²) in [6.45, 7) is 2.78. The van der Waals surface area contributed by atoms with Gasteiger partial charge in [-0.25, -0.2) is 4.39 Å². The lowest BCUT2D eigenvalue weighted by Gasteiger charge is -2.28. The largest absolute Gasteiger partial charge is 0.471 e. The Hall–Kier alpha value is -4.27. The number of amides is 3. The number of nitrogens with one attached hydrogen (secondary N) is 2. The number of nitrogens with zero attached hydrogens (tertiary/aromatic N) is 2. The van der Waals surface area contributed by atoms with Crippen LogP contribution in [-0.4, -0.2) is 53.2 Å². The zero-order chi connectivity index (χ0) is 30.1. The van der Waals surface area contributed by atoms with Gasteiger partial charge in [-0.2, -0.15) is 18.4 Å². The Balaban J connectivity index is 1.65. The first-order valence-electron chi connectivity index (χ1n) is 13.0. The van der Waals surface area contributed by atoms with Gasteiger partial charge in [0.2, 0.25) is 11.8 Å². The molecule has 2 aromatic rings. The number of carbonyl (C=O) groups excluding carboxylic acids is 4. The Kier molecular flexibility index (Phi) is 8.19. The van der Waals surface area contributed by atoms with Gasteiger partial charge in [0.1, 0.15) is 11.9 Å². The number of alkyl halides is 3. The normalized spacial score (nSPS) is 21.3. The van der Waals surface area contributed by atoms with E-state index < -0.39 is 65.3 Å². The summed E-state index contributed by atoms with van der Waals surface area (Å²) < 4.78 is 52.4. The van der Waals surface area contributed by atoms with E-state index in [0.717, 1.165) is 0 Å². The molecule has 4 atom stereocenters. The number of halogens is 4. The number of benzene rings is 2. The maximum absolute atomic E-state index is 14.0. The summed E-state index contributed by atoms with van der Waals surface area (Å²) in [4.78, 5) is 53.3. The predicted molar refractivity (Wildman–Crippen MR) is 139 cm³/mol. The second-order valence-electron chi connectivity index (χ2n) is 10.8. The van der Waals surface area contributed by atoms with Gasteiger partial charge in [0.05, 0.1) is 17.5 Å². The molecule has 2 aromatic carbocycles. The second-order valence-corrected chi connectivity index (χ2v) is 10.8. The molecule has 2 N–H and O–H groups in total. The molecule has 1 unspecified atom stereocenters.